The standard InChI is InChI=1S/C6H6BNO3/c9-4-5-1-2-8-6(3-5)7(10)11/h1-4,10-11H. The van der Waals surface area contributed by atoms with Crippen LogP contribution in [-0.2, 0) is 0 Å². The number of rotatable bonds is 2. The van der Waals surface area contributed by atoms with Crippen molar-refractivity contribution in [3.8, 4) is 0 Å². The Hall–Kier alpha value is -1.20. The van der Waals surface area contributed by atoms with Crippen LogP contribution in [0.3, 0.4) is 0 Å². The van der Waals surface area contributed by atoms with E-state index in [2.05, 4.69) is 4.98 Å². The lowest BCUT2D eigenvalue weighted by atomic mass is 9.85. The highest BCUT2D eigenvalue weighted by molar-refractivity contribution is 6.57. The van der Waals surface area contributed by atoms with Crippen molar-refractivity contribution in [1.82, 2.24) is 4.98 Å². The summed E-state index contributed by atoms with van der Waals surface area (Å²) in [6.45, 7) is 0. The van der Waals surface area contributed by atoms with Crippen LogP contribution >= 0.6 is 0 Å². The van der Waals surface area contributed by atoms with Gasteiger partial charge in [-0.15, -0.1) is 0 Å². The van der Waals surface area contributed by atoms with Gasteiger partial charge in [-0.3, -0.25) is 9.78 Å². The van der Waals surface area contributed by atoms with Crippen LogP contribution in [0.25, 0.3) is 0 Å². The van der Waals surface area contributed by atoms with Gasteiger partial charge in [-0.05, 0) is 12.1 Å². The summed E-state index contributed by atoms with van der Waals surface area (Å²) in [5.41, 5.74) is 0.456. The highest BCUT2D eigenvalue weighted by atomic mass is 16.4. The molecule has 11 heavy (non-hydrogen) atoms. The molecule has 2 N–H and O–H groups in total. The molecule has 0 spiro atoms. The van der Waals surface area contributed by atoms with Crippen molar-refractivity contribution in [2.24, 2.45) is 0 Å². The SMILES string of the molecule is O=Cc1ccnc(B(O)O)c1. The molecule has 0 radical (unpaired) electrons. The van der Waals surface area contributed by atoms with Crippen molar-refractivity contribution in [2.45, 2.75) is 0 Å². The first-order chi connectivity index (χ1) is 5.24. The van der Waals surface area contributed by atoms with Crippen LogP contribution in [0.15, 0.2) is 18.3 Å². The third kappa shape index (κ3) is 1.86. The van der Waals surface area contributed by atoms with Gasteiger partial charge < -0.3 is 10.0 Å². The van der Waals surface area contributed by atoms with Crippen molar-refractivity contribution >= 4 is 19.0 Å². The summed E-state index contributed by atoms with van der Waals surface area (Å²) in [6.07, 6.45) is 1.96. The number of nitrogens with zero attached hydrogens (tertiary/aromatic N) is 1. The molecular weight excluding hydrogens is 145 g/mol. The zero-order valence-corrected chi connectivity index (χ0v) is 5.64. The predicted molar refractivity (Wildman–Crippen MR) is 39.5 cm³/mol. The van der Waals surface area contributed by atoms with E-state index in [1.54, 1.807) is 0 Å². The molecule has 4 nitrogen and oxygen atoms in total. The topological polar surface area (TPSA) is 70.4 Å². The molecule has 0 aliphatic rings. The van der Waals surface area contributed by atoms with Crippen molar-refractivity contribution in [3.63, 3.8) is 0 Å². The normalized spacial score (nSPS) is 9.27. The summed E-state index contributed by atoms with van der Waals surface area (Å²) in [6, 6.07) is 2.80. The fourth-order valence-electron chi connectivity index (χ4n) is 0.680. The van der Waals surface area contributed by atoms with Crippen LogP contribution in [0.4, 0.5) is 0 Å². The van der Waals surface area contributed by atoms with Crippen LogP contribution in [-0.4, -0.2) is 28.4 Å². The Kier molecular flexibility index (Phi) is 2.35. The maximum Gasteiger partial charge on any atom is 0.508 e. The average molecular weight is 151 g/mol. The van der Waals surface area contributed by atoms with Crippen LogP contribution in [0, 0.1) is 0 Å². The minimum Gasteiger partial charge on any atom is -0.422 e. The molecule has 0 atom stereocenters. The molecule has 0 saturated carbocycles. The Labute approximate surface area is 63.7 Å². The lowest BCUT2D eigenvalue weighted by Crippen LogP contribution is -2.32. The quantitative estimate of drug-likeness (QED) is 0.401. The second-order valence-corrected chi connectivity index (χ2v) is 2.01. The first kappa shape index (κ1) is 7.91. The zero-order chi connectivity index (χ0) is 8.27. The van der Waals surface area contributed by atoms with Gasteiger partial charge in [0.25, 0.3) is 0 Å². The predicted octanol–water partition coefficient (Wildman–Crippen LogP) is -1.43. The highest BCUT2D eigenvalue weighted by Gasteiger charge is 2.11. The van der Waals surface area contributed by atoms with Gasteiger partial charge in [0.05, 0.1) is 5.59 Å². The molecule has 56 valence electrons. The number of carbonyl (C=O) groups excluding carboxylic acids is 1. The minimum atomic E-state index is -1.62. The van der Waals surface area contributed by atoms with Gasteiger partial charge in [0.15, 0.2) is 0 Å². The number of hydrogen-bond donors (Lipinski definition) is 2. The molecule has 0 amide bonds. The lowest BCUT2D eigenvalue weighted by Gasteiger charge is -1.96. The number of carbonyl (C=O) groups is 1. The largest absolute Gasteiger partial charge is 0.508 e. The van der Waals surface area contributed by atoms with Gasteiger partial charge in [-0.25, -0.2) is 0 Å². The van der Waals surface area contributed by atoms with E-state index in [0.717, 1.165) is 0 Å². The Morgan fingerprint density at radius 1 is 1.55 bits per heavy atom. The molecule has 0 aromatic carbocycles. The van der Waals surface area contributed by atoms with E-state index in [4.69, 9.17) is 10.0 Å². The third-order valence-corrected chi connectivity index (χ3v) is 1.21. The van der Waals surface area contributed by atoms with Gasteiger partial charge in [-0.1, -0.05) is 0 Å². The Morgan fingerprint density at radius 3 is 2.82 bits per heavy atom. The molecule has 0 aliphatic carbocycles. The van der Waals surface area contributed by atoms with Crippen molar-refractivity contribution < 1.29 is 14.8 Å². The monoisotopic (exact) mass is 151 g/mol. The van der Waals surface area contributed by atoms with Crippen molar-refractivity contribution in [3.05, 3.63) is 23.9 Å². The molecule has 0 saturated heterocycles. The first-order valence-electron chi connectivity index (χ1n) is 3.01. The second kappa shape index (κ2) is 3.27. The van der Waals surface area contributed by atoms with Crippen LogP contribution in [0.2, 0.25) is 0 Å². The minimum absolute atomic E-state index is 0.0783. The Balaban J connectivity index is 3.00. The molecule has 1 aromatic rings. The molecule has 1 heterocycles. The molecule has 0 bridgehead atoms. The second-order valence-electron chi connectivity index (χ2n) is 2.01. The summed E-state index contributed by atoms with van der Waals surface area (Å²) >= 11 is 0. The Bertz CT molecular complexity index is 264. The van der Waals surface area contributed by atoms with Gasteiger partial charge in [-0.2, -0.15) is 0 Å². The fraction of sp³-hybridized carbons (Fsp3) is 0. The van der Waals surface area contributed by atoms with Gasteiger partial charge >= 0.3 is 7.12 Å². The first-order valence-corrected chi connectivity index (χ1v) is 3.01. The smallest absolute Gasteiger partial charge is 0.422 e. The average Bonchev–Trinajstić information content (AvgIpc) is 2.05. The Morgan fingerprint density at radius 2 is 2.27 bits per heavy atom. The van der Waals surface area contributed by atoms with Gasteiger partial charge in [0.2, 0.25) is 0 Å². The van der Waals surface area contributed by atoms with Crippen LogP contribution < -0.4 is 5.59 Å². The molecule has 1 aromatic heterocycles. The maximum atomic E-state index is 10.2. The van der Waals surface area contributed by atoms with Crippen LogP contribution in [0.5, 0.6) is 0 Å². The van der Waals surface area contributed by atoms with E-state index in [-0.39, 0.29) is 5.59 Å². The van der Waals surface area contributed by atoms with E-state index in [9.17, 15) is 4.79 Å². The van der Waals surface area contributed by atoms with E-state index in [1.807, 2.05) is 0 Å². The fourth-order valence-corrected chi connectivity index (χ4v) is 0.680. The molecular formula is C6H6BNO3. The number of aldehydes is 1. The number of pyridine rings is 1. The highest BCUT2D eigenvalue weighted by Crippen LogP contribution is 1.88. The third-order valence-electron chi connectivity index (χ3n) is 1.21. The van der Waals surface area contributed by atoms with E-state index in [0.29, 0.717) is 11.8 Å². The number of hydrogen-bond acceptors (Lipinski definition) is 4. The summed E-state index contributed by atoms with van der Waals surface area (Å²) in [4.78, 5) is 13.8. The van der Waals surface area contributed by atoms with E-state index >= 15 is 0 Å². The number of aromatic nitrogens is 1. The molecule has 5 heteroatoms. The summed E-state index contributed by atoms with van der Waals surface area (Å²) in [5, 5.41) is 17.2. The van der Waals surface area contributed by atoms with Crippen LogP contribution in [0.1, 0.15) is 10.4 Å². The summed E-state index contributed by atoms with van der Waals surface area (Å²) < 4.78 is 0. The molecule has 0 aliphatic heterocycles. The molecule has 0 fully saturated rings. The molecule has 1 rings (SSSR count). The molecule has 0 unspecified atom stereocenters. The summed E-state index contributed by atoms with van der Waals surface area (Å²) in [5.74, 6) is 0. The summed E-state index contributed by atoms with van der Waals surface area (Å²) in [7, 11) is -1.62. The van der Waals surface area contributed by atoms with E-state index in [1.165, 1.54) is 18.3 Å². The zero-order valence-electron chi connectivity index (χ0n) is 5.64. The van der Waals surface area contributed by atoms with Crippen molar-refractivity contribution in [1.29, 1.82) is 0 Å². The van der Waals surface area contributed by atoms with Crippen molar-refractivity contribution in [2.75, 3.05) is 0 Å². The lowest BCUT2D eigenvalue weighted by molar-refractivity contribution is 0.112. The van der Waals surface area contributed by atoms with E-state index < -0.39 is 7.12 Å². The van der Waals surface area contributed by atoms with Gasteiger partial charge in [0, 0.05) is 11.8 Å². The maximum absolute atomic E-state index is 10.2. The van der Waals surface area contributed by atoms with Gasteiger partial charge in [0.1, 0.15) is 6.29 Å².